The smallest absolute Gasteiger partial charge is 0.335 e. The third-order valence-corrected chi connectivity index (χ3v) is 4.97. The van der Waals surface area contributed by atoms with Crippen molar-refractivity contribution >= 4 is 35.3 Å². The second-order valence-electron chi connectivity index (χ2n) is 7.26. The highest BCUT2D eigenvalue weighted by atomic mass is 16.6. The molecule has 32 heavy (non-hydrogen) atoms. The van der Waals surface area contributed by atoms with Gasteiger partial charge in [0.15, 0.2) is 0 Å². The van der Waals surface area contributed by atoms with Gasteiger partial charge in [-0.1, -0.05) is 18.2 Å². The minimum absolute atomic E-state index is 0.0870. The van der Waals surface area contributed by atoms with E-state index in [0.29, 0.717) is 17.0 Å². The van der Waals surface area contributed by atoms with Crippen LogP contribution in [0.25, 0.3) is 17.4 Å². The molecular weight excluding hydrogens is 414 g/mol. The maximum absolute atomic E-state index is 13.0. The number of nitro benzene ring substituents is 1. The molecule has 9 heteroatoms. The molecule has 1 N–H and O–H groups in total. The predicted molar refractivity (Wildman–Crippen MR) is 116 cm³/mol. The Balaban J connectivity index is 1.70. The summed E-state index contributed by atoms with van der Waals surface area (Å²) in [6, 6.07) is 13.4. The van der Waals surface area contributed by atoms with E-state index in [4.69, 9.17) is 4.42 Å². The molecule has 0 saturated carbocycles. The number of anilines is 1. The average molecular weight is 431 g/mol. The van der Waals surface area contributed by atoms with Crippen molar-refractivity contribution in [2.45, 2.75) is 13.8 Å². The minimum atomic E-state index is -0.839. The van der Waals surface area contributed by atoms with E-state index in [-0.39, 0.29) is 17.0 Å². The summed E-state index contributed by atoms with van der Waals surface area (Å²) in [5.41, 5.74) is 2.08. The Morgan fingerprint density at radius 1 is 1.03 bits per heavy atom. The minimum Gasteiger partial charge on any atom is -0.457 e. The number of nitrogens with zero attached hydrogens (tertiary/aromatic N) is 2. The highest BCUT2D eigenvalue weighted by Crippen LogP contribution is 2.30. The molecule has 2 heterocycles. The van der Waals surface area contributed by atoms with Gasteiger partial charge in [-0.05, 0) is 55.3 Å². The Hall–Kier alpha value is -4.53. The van der Waals surface area contributed by atoms with E-state index in [1.54, 1.807) is 37.3 Å². The molecular formula is C23H17N3O6. The molecule has 1 aliphatic heterocycles. The number of urea groups is 1. The van der Waals surface area contributed by atoms with Crippen molar-refractivity contribution in [3.63, 3.8) is 0 Å². The number of nitrogens with one attached hydrogen (secondary N) is 1. The molecule has 0 spiro atoms. The molecule has 2 aromatic carbocycles. The number of aryl methyl sites for hydroxylation is 2. The Morgan fingerprint density at radius 2 is 1.81 bits per heavy atom. The number of carbonyl (C=O) groups is 3. The fraction of sp³-hybridized carbons (Fsp3) is 0.0870. The number of amides is 4. The third-order valence-electron chi connectivity index (χ3n) is 4.97. The number of imide groups is 2. The summed E-state index contributed by atoms with van der Waals surface area (Å²) in [5.74, 6) is -1.10. The van der Waals surface area contributed by atoms with E-state index < -0.39 is 22.8 Å². The molecule has 160 valence electrons. The highest BCUT2D eigenvalue weighted by Gasteiger charge is 2.37. The van der Waals surface area contributed by atoms with Crippen LogP contribution in [0, 0.1) is 24.0 Å². The van der Waals surface area contributed by atoms with E-state index in [9.17, 15) is 24.5 Å². The summed E-state index contributed by atoms with van der Waals surface area (Å²) in [4.78, 5) is 49.1. The molecule has 0 atom stereocenters. The van der Waals surface area contributed by atoms with Crippen LogP contribution in [0.4, 0.5) is 16.2 Å². The second-order valence-corrected chi connectivity index (χ2v) is 7.26. The zero-order valence-corrected chi connectivity index (χ0v) is 17.1. The van der Waals surface area contributed by atoms with Gasteiger partial charge in [-0.15, -0.1) is 0 Å². The monoisotopic (exact) mass is 431 g/mol. The first-order valence-corrected chi connectivity index (χ1v) is 9.58. The Labute approximate surface area is 182 Å². The van der Waals surface area contributed by atoms with Crippen molar-refractivity contribution in [2.24, 2.45) is 0 Å². The molecule has 3 aromatic rings. The van der Waals surface area contributed by atoms with Gasteiger partial charge in [-0.3, -0.25) is 25.0 Å². The van der Waals surface area contributed by atoms with Gasteiger partial charge in [0.1, 0.15) is 17.1 Å². The molecule has 0 bridgehead atoms. The first-order valence-electron chi connectivity index (χ1n) is 9.58. The fourth-order valence-corrected chi connectivity index (χ4v) is 3.37. The maximum Gasteiger partial charge on any atom is 0.335 e. The van der Waals surface area contributed by atoms with Gasteiger partial charge in [-0.2, -0.15) is 0 Å². The van der Waals surface area contributed by atoms with E-state index in [1.807, 2.05) is 13.0 Å². The van der Waals surface area contributed by atoms with Crippen LogP contribution in [0.5, 0.6) is 0 Å². The number of nitro groups is 1. The normalized spacial score (nSPS) is 15.2. The molecule has 1 saturated heterocycles. The standard InChI is InChI=1S/C23H17N3O6/c1-13-4-3-5-15(10-13)25-22(28)19(21(27)24-23(25)29)12-17-8-9-20(32-17)18-11-16(26(30)31)7-6-14(18)2/h3-12H,1-2H3,(H,24,27,29)/b19-12+. The van der Waals surface area contributed by atoms with Crippen molar-refractivity contribution in [1.29, 1.82) is 0 Å². The van der Waals surface area contributed by atoms with Crippen LogP contribution in [0.2, 0.25) is 0 Å². The number of barbiturate groups is 1. The summed E-state index contributed by atoms with van der Waals surface area (Å²) >= 11 is 0. The first-order chi connectivity index (χ1) is 15.2. The van der Waals surface area contributed by atoms with Crippen molar-refractivity contribution in [2.75, 3.05) is 4.90 Å². The van der Waals surface area contributed by atoms with Gasteiger partial charge in [0.2, 0.25) is 0 Å². The SMILES string of the molecule is Cc1cccc(N2C(=O)NC(=O)/C(=C\c3ccc(-c4cc([N+](=O)[O-])ccc4C)o3)C2=O)c1. The average Bonchev–Trinajstić information content (AvgIpc) is 3.19. The quantitative estimate of drug-likeness (QED) is 0.287. The van der Waals surface area contributed by atoms with Gasteiger partial charge in [0.25, 0.3) is 17.5 Å². The molecule has 1 fully saturated rings. The first kappa shape index (κ1) is 20.7. The van der Waals surface area contributed by atoms with Crippen molar-refractivity contribution < 1.29 is 23.7 Å². The Kier molecular flexibility index (Phi) is 5.15. The van der Waals surface area contributed by atoms with E-state index >= 15 is 0 Å². The summed E-state index contributed by atoms with van der Waals surface area (Å²) in [5, 5.41) is 13.2. The number of hydrogen-bond donors (Lipinski definition) is 1. The number of rotatable bonds is 4. The molecule has 0 unspecified atom stereocenters. The van der Waals surface area contributed by atoms with Crippen LogP contribution in [-0.4, -0.2) is 22.8 Å². The zero-order valence-electron chi connectivity index (χ0n) is 17.1. The zero-order chi connectivity index (χ0) is 23.0. The number of hydrogen-bond acceptors (Lipinski definition) is 6. The molecule has 0 aliphatic carbocycles. The summed E-state index contributed by atoms with van der Waals surface area (Å²) in [6.45, 7) is 3.60. The van der Waals surface area contributed by atoms with Crippen LogP contribution >= 0.6 is 0 Å². The summed E-state index contributed by atoms with van der Waals surface area (Å²) in [7, 11) is 0. The topological polar surface area (TPSA) is 123 Å². The lowest BCUT2D eigenvalue weighted by Gasteiger charge is -2.26. The number of carbonyl (C=O) groups excluding carboxylic acids is 3. The maximum atomic E-state index is 13.0. The van der Waals surface area contributed by atoms with Crippen molar-refractivity contribution in [3.05, 3.63) is 87.2 Å². The van der Waals surface area contributed by atoms with Gasteiger partial charge in [0, 0.05) is 17.7 Å². The van der Waals surface area contributed by atoms with Gasteiger partial charge in [-0.25, -0.2) is 9.69 Å². The molecule has 1 aromatic heterocycles. The molecule has 4 rings (SSSR count). The fourth-order valence-electron chi connectivity index (χ4n) is 3.37. The lowest BCUT2D eigenvalue weighted by molar-refractivity contribution is -0.384. The summed E-state index contributed by atoms with van der Waals surface area (Å²) < 4.78 is 5.74. The molecule has 1 aliphatic rings. The Morgan fingerprint density at radius 3 is 2.53 bits per heavy atom. The van der Waals surface area contributed by atoms with Crippen molar-refractivity contribution in [1.82, 2.24) is 5.32 Å². The predicted octanol–water partition coefficient (Wildman–Crippen LogP) is 4.14. The van der Waals surface area contributed by atoms with Crippen LogP contribution in [0.15, 0.2) is 64.6 Å². The number of non-ortho nitro benzene ring substituents is 1. The largest absolute Gasteiger partial charge is 0.457 e. The third kappa shape index (κ3) is 3.79. The van der Waals surface area contributed by atoms with Crippen LogP contribution in [-0.2, 0) is 9.59 Å². The van der Waals surface area contributed by atoms with Gasteiger partial charge in [0.05, 0.1) is 10.6 Å². The summed E-state index contributed by atoms with van der Waals surface area (Å²) in [6.07, 6.45) is 1.24. The number of benzene rings is 2. The number of furan rings is 1. The highest BCUT2D eigenvalue weighted by molar-refractivity contribution is 6.39. The molecule has 0 radical (unpaired) electrons. The van der Waals surface area contributed by atoms with Gasteiger partial charge < -0.3 is 4.42 Å². The Bertz CT molecular complexity index is 1320. The van der Waals surface area contributed by atoms with E-state index in [2.05, 4.69) is 5.32 Å². The van der Waals surface area contributed by atoms with E-state index in [0.717, 1.165) is 16.0 Å². The lowest BCUT2D eigenvalue weighted by atomic mass is 10.1. The van der Waals surface area contributed by atoms with Crippen LogP contribution < -0.4 is 10.2 Å². The molecule has 9 nitrogen and oxygen atoms in total. The van der Waals surface area contributed by atoms with Crippen LogP contribution in [0.3, 0.4) is 0 Å². The van der Waals surface area contributed by atoms with E-state index in [1.165, 1.54) is 24.3 Å². The van der Waals surface area contributed by atoms with Crippen molar-refractivity contribution in [3.8, 4) is 11.3 Å². The lowest BCUT2D eigenvalue weighted by Crippen LogP contribution is -2.54. The second kappa shape index (κ2) is 7.95. The van der Waals surface area contributed by atoms with Crippen LogP contribution in [0.1, 0.15) is 16.9 Å². The molecule has 4 amide bonds. The van der Waals surface area contributed by atoms with Gasteiger partial charge >= 0.3 is 6.03 Å².